The average molecular weight is 396 g/mol. The van der Waals surface area contributed by atoms with Crippen molar-refractivity contribution in [3.8, 4) is 10.8 Å². The predicted octanol–water partition coefficient (Wildman–Crippen LogP) is 4.71. The molecule has 1 amide bonds. The number of hydrogen-bond acceptors (Lipinski definition) is 5. The standard InChI is InChI=1S/C22H25N3O2S/c26-21(20-15-24-22(28-20)19-10-7-13-27-19)23-14-17-8-3-4-9-18(17)16-25-11-5-1-2-6-12-25/h3-4,7-10,13,15H,1-2,5-6,11-12,14,16H2,(H,23,26). The van der Waals surface area contributed by atoms with Crippen molar-refractivity contribution >= 4 is 17.2 Å². The monoisotopic (exact) mass is 395 g/mol. The second kappa shape index (κ2) is 9.17. The number of nitrogens with zero attached hydrogens (tertiary/aromatic N) is 2. The highest BCUT2D eigenvalue weighted by atomic mass is 32.1. The van der Waals surface area contributed by atoms with Crippen LogP contribution in [0.5, 0.6) is 0 Å². The summed E-state index contributed by atoms with van der Waals surface area (Å²) in [6.07, 6.45) is 8.45. The second-order valence-electron chi connectivity index (χ2n) is 7.15. The van der Waals surface area contributed by atoms with E-state index in [9.17, 15) is 4.79 Å². The van der Waals surface area contributed by atoms with Crippen LogP contribution in [-0.2, 0) is 13.1 Å². The third kappa shape index (κ3) is 4.69. The van der Waals surface area contributed by atoms with Gasteiger partial charge >= 0.3 is 0 Å². The van der Waals surface area contributed by atoms with Gasteiger partial charge in [0.25, 0.3) is 5.91 Å². The number of likely N-dealkylation sites (tertiary alicyclic amines) is 1. The van der Waals surface area contributed by atoms with E-state index < -0.39 is 0 Å². The topological polar surface area (TPSA) is 58.4 Å². The first kappa shape index (κ1) is 18.9. The lowest BCUT2D eigenvalue weighted by atomic mass is 10.1. The molecule has 4 rings (SSSR count). The molecule has 0 bridgehead atoms. The molecule has 2 aromatic heterocycles. The van der Waals surface area contributed by atoms with Crippen LogP contribution in [0.2, 0.25) is 0 Å². The Morgan fingerprint density at radius 1 is 1.07 bits per heavy atom. The fraction of sp³-hybridized carbons (Fsp3) is 0.364. The van der Waals surface area contributed by atoms with Crippen molar-refractivity contribution in [2.24, 2.45) is 0 Å². The van der Waals surface area contributed by atoms with E-state index in [-0.39, 0.29) is 5.91 Å². The quantitative estimate of drug-likeness (QED) is 0.657. The molecular weight excluding hydrogens is 370 g/mol. The minimum atomic E-state index is -0.0973. The first-order valence-corrected chi connectivity index (χ1v) is 10.7. The number of carbonyl (C=O) groups is 1. The van der Waals surface area contributed by atoms with Crippen LogP contribution in [0.4, 0.5) is 0 Å². The smallest absolute Gasteiger partial charge is 0.263 e. The number of furan rings is 1. The molecule has 1 aliphatic rings. The van der Waals surface area contributed by atoms with Gasteiger partial charge in [-0.05, 0) is 49.2 Å². The van der Waals surface area contributed by atoms with Crippen molar-refractivity contribution in [2.45, 2.75) is 38.8 Å². The molecule has 0 saturated carbocycles. The lowest BCUT2D eigenvalue weighted by molar-refractivity contribution is 0.0954. The second-order valence-corrected chi connectivity index (χ2v) is 8.18. The third-order valence-corrected chi connectivity index (χ3v) is 6.12. The molecule has 28 heavy (non-hydrogen) atoms. The molecule has 146 valence electrons. The highest BCUT2D eigenvalue weighted by Gasteiger charge is 2.15. The summed E-state index contributed by atoms with van der Waals surface area (Å²) in [5, 5.41) is 3.77. The van der Waals surface area contributed by atoms with Crippen LogP contribution in [0.1, 0.15) is 46.5 Å². The van der Waals surface area contributed by atoms with Gasteiger partial charge in [0.15, 0.2) is 10.8 Å². The van der Waals surface area contributed by atoms with Crippen molar-refractivity contribution in [1.82, 2.24) is 15.2 Å². The molecule has 1 fully saturated rings. The number of carbonyl (C=O) groups excluding carboxylic acids is 1. The molecule has 6 heteroatoms. The molecule has 0 radical (unpaired) electrons. The Labute approximate surface area is 169 Å². The summed E-state index contributed by atoms with van der Waals surface area (Å²) < 4.78 is 5.35. The van der Waals surface area contributed by atoms with Crippen molar-refractivity contribution in [2.75, 3.05) is 13.1 Å². The van der Waals surface area contributed by atoms with Gasteiger partial charge in [-0.15, -0.1) is 11.3 Å². The molecule has 0 aliphatic carbocycles. The Morgan fingerprint density at radius 3 is 2.61 bits per heavy atom. The fourth-order valence-corrected chi connectivity index (χ4v) is 4.38. The maximum atomic E-state index is 12.6. The lowest BCUT2D eigenvalue weighted by Gasteiger charge is -2.21. The minimum absolute atomic E-state index is 0.0973. The number of rotatable bonds is 6. The summed E-state index contributed by atoms with van der Waals surface area (Å²) in [5.74, 6) is 0.590. The van der Waals surface area contributed by atoms with Crippen LogP contribution < -0.4 is 5.32 Å². The van der Waals surface area contributed by atoms with Gasteiger partial charge in [-0.1, -0.05) is 37.1 Å². The Bertz CT molecular complexity index is 896. The summed E-state index contributed by atoms with van der Waals surface area (Å²) in [5.41, 5.74) is 2.47. The molecule has 3 heterocycles. The SMILES string of the molecule is O=C(NCc1ccccc1CN1CCCCCC1)c1cnc(-c2ccco2)s1. The van der Waals surface area contributed by atoms with Gasteiger partial charge in [-0.25, -0.2) is 4.98 Å². The molecule has 5 nitrogen and oxygen atoms in total. The van der Waals surface area contributed by atoms with Gasteiger partial charge in [0.1, 0.15) is 4.88 Å². The van der Waals surface area contributed by atoms with Gasteiger partial charge in [0.2, 0.25) is 0 Å². The summed E-state index contributed by atoms with van der Waals surface area (Å²) in [7, 11) is 0. The van der Waals surface area contributed by atoms with Crippen molar-refractivity contribution in [3.63, 3.8) is 0 Å². The van der Waals surface area contributed by atoms with Gasteiger partial charge in [0, 0.05) is 13.1 Å². The molecule has 0 unspecified atom stereocenters. The Balaban J connectivity index is 1.38. The predicted molar refractivity (Wildman–Crippen MR) is 111 cm³/mol. The number of benzene rings is 1. The van der Waals surface area contributed by atoms with E-state index in [0.29, 0.717) is 17.2 Å². The number of amides is 1. The maximum Gasteiger partial charge on any atom is 0.263 e. The highest BCUT2D eigenvalue weighted by Crippen LogP contribution is 2.25. The summed E-state index contributed by atoms with van der Waals surface area (Å²) in [6.45, 7) is 3.81. The number of nitrogens with one attached hydrogen (secondary N) is 1. The van der Waals surface area contributed by atoms with Crippen molar-refractivity contribution in [3.05, 3.63) is 64.9 Å². The van der Waals surface area contributed by atoms with E-state index in [2.05, 4.69) is 33.4 Å². The summed E-state index contributed by atoms with van der Waals surface area (Å²) in [6, 6.07) is 12.1. The summed E-state index contributed by atoms with van der Waals surface area (Å²) in [4.78, 5) is 20.0. The van der Waals surface area contributed by atoms with E-state index in [0.717, 1.165) is 24.6 Å². The van der Waals surface area contributed by atoms with Crippen LogP contribution in [0, 0.1) is 0 Å². The zero-order valence-corrected chi connectivity index (χ0v) is 16.7. The normalized spacial score (nSPS) is 15.3. The van der Waals surface area contributed by atoms with E-state index in [1.165, 1.54) is 48.1 Å². The molecule has 1 aromatic carbocycles. The van der Waals surface area contributed by atoms with Gasteiger partial charge in [-0.2, -0.15) is 0 Å². The van der Waals surface area contributed by atoms with Crippen molar-refractivity contribution < 1.29 is 9.21 Å². The van der Waals surface area contributed by atoms with Gasteiger partial charge in [-0.3, -0.25) is 9.69 Å². The Morgan fingerprint density at radius 2 is 1.86 bits per heavy atom. The van der Waals surface area contributed by atoms with Crippen LogP contribution >= 0.6 is 11.3 Å². The Kier molecular flexibility index (Phi) is 6.19. The molecule has 3 aromatic rings. The maximum absolute atomic E-state index is 12.6. The molecular formula is C22H25N3O2S. The number of thiazole rings is 1. The van der Waals surface area contributed by atoms with Gasteiger partial charge < -0.3 is 9.73 Å². The third-order valence-electron chi connectivity index (χ3n) is 5.11. The lowest BCUT2D eigenvalue weighted by Crippen LogP contribution is -2.26. The van der Waals surface area contributed by atoms with E-state index in [4.69, 9.17) is 4.42 Å². The largest absolute Gasteiger partial charge is 0.462 e. The molecule has 1 N–H and O–H groups in total. The number of aromatic nitrogens is 1. The van der Waals surface area contributed by atoms with E-state index in [1.54, 1.807) is 12.5 Å². The van der Waals surface area contributed by atoms with Gasteiger partial charge in [0.05, 0.1) is 12.5 Å². The fourth-order valence-electron chi connectivity index (χ4n) is 3.58. The number of hydrogen-bond donors (Lipinski definition) is 1. The first-order valence-electron chi connectivity index (χ1n) is 9.86. The average Bonchev–Trinajstić information content (AvgIpc) is 3.36. The molecule has 1 aliphatic heterocycles. The van der Waals surface area contributed by atoms with Crippen LogP contribution in [-0.4, -0.2) is 28.9 Å². The van der Waals surface area contributed by atoms with E-state index in [1.807, 2.05) is 18.2 Å². The molecule has 0 spiro atoms. The zero-order valence-electron chi connectivity index (χ0n) is 15.9. The van der Waals surface area contributed by atoms with Crippen LogP contribution in [0.3, 0.4) is 0 Å². The summed E-state index contributed by atoms with van der Waals surface area (Å²) >= 11 is 1.34. The molecule has 1 saturated heterocycles. The van der Waals surface area contributed by atoms with Crippen molar-refractivity contribution in [1.29, 1.82) is 0 Å². The molecule has 0 atom stereocenters. The van der Waals surface area contributed by atoms with Crippen LogP contribution in [0.15, 0.2) is 53.3 Å². The van der Waals surface area contributed by atoms with Crippen LogP contribution in [0.25, 0.3) is 10.8 Å². The minimum Gasteiger partial charge on any atom is -0.462 e. The van der Waals surface area contributed by atoms with E-state index >= 15 is 0 Å². The Hall–Kier alpha value is -2.44. The highest BCUT2D eigenvalue weighted by molar-refractivity contribution is 7.16. The zero-order chi connectivity index (χ0) is 19.2. The first-order chi connectivity index (χ1) is 13.8.